The lowest BCUT2D eigenvalue weighted by molar-refractivity contribution is 0.242. The van der Waals surface area contributed by atoms with Crippen molar-refractivity contribution in [1.82, 2.24) is 4.57 Å². The van der Waals surface area contributed by atoms with Crippen LogP contribution in [-0.4, -0.2) is 17.2 Å². The zero-order valence-corrected chi connectivity index (χ0v) is 13.0. The first kappa shape index (κ1) is 14.9. The zero-order valence-electron chi connectivity index (χ0n) is 13.0. The molecule has 0 radical (unpaired) electrons. The maximum absolute atomic E-state index is 5.81. The molecular formula is C17H26N2O. The van der Waals surface area contributed by atoms with Crippen LogP contribution in [0, 0.1) is 5.92 Å². The van der Waals surface area contributed by atoms with Gasteiger partial charge < -0.3 is 15.0 Å². The van der Waals surface area contributed by atoms with Gasteiger partial charge in [0.1, 0.15) is 5.75 Å². The highest BCUT2D eigenvalue weighted by Crippen LogP contribution is 2.27. The summed E-state index contributed by atoms with van der Waals surface area (Å²) in [6, 6.07) is 6.37. The largest absolute Gasteiger partial charge is 0.491 e. The molecule has 0 amide bonds. The topological polar surface area (TPSA) is 40.2 Å². The van der Waals surface area contributed by atoms with Gasteiger partial charge in [0.2, 0.25) is 0 Å². The molecule has 1 heterocycles. The van der Waals surface area contributed by atoms with Gasteiger partial charge >= 0.3 is 0 Å². The van der Waals surface area contributed by atoms with Gasteiger partial charge in [-0.25, -0.2) is 0 Å². The standard InChI is InChI=1S/C17H26N2O/c1-12(2)10-19-11-14(7-8-18)16-6-5-15(9-17(16)19)20-13(3)4/h5-6,9,11-13H,7-8,10,18H2,1-4H3. The van der Waals surface area contributed by atoms with Gasteiger partial charge in [0, 0.05) is 24.2 Å². The van der Waals surface area contributed by atoms with Crippen molar-refractivity contribution >= 4 is 10.9 Å². The Hall–Kier alpha value is -1.48. The number of hydrogen-bond donors (Lipinski definition) is 1. The Kier molecular flexibility index (Phi) is 4.71. The molecule has 20 heavy (non-hydrogen) atoms. The van der Waals surface area contributed by atoms with E-state index >= 15 is 0 Å². The third kappa shape index (κ3) is 3.34. The molecule has 3 nitrogen and oxygen atoms in total. The van der Waals surface area contributed by atoms with E-state index in [4.69, 9.17) is 10.5 Å². The van der Waals surface area contributed by atoms with Crippen molar-refractivity contribution in [3.8, 4) is 5.75 Å². The molecule has 3 heteroatoms. The van der Waals surface area contributed by atoms with Crippen LogP contribution in [0.1, 0.15) is 33.3 Å². The summed E-state index contributed by atoms with van der Waals surface area (Å²) in [6.07, 6.45) is 3.37. The Morgan fingerprint density at radius 2 is 1.95 bits per heavy atom. The third-order valence-corrected chi connectivity index (χ3v) is 3.28. The summed E-state index contributed by atoms with van der Waals surface area (Å²) in [4.78, 5) is 0. The van der Waals surface area contributed by atoms with Gasteiger partial charge in [0.15, 0.2) is 0 Å². The highest BCUT2D eigenvalue weighted by atomic mass is 16.5. The van der Waals surface area contributed by atoms with Crippen molar-refractivity contribution in [1.29, 1.82) is 0 Å². The van der Waals surface area contributed by atoms with Crippen LogP contribution in [0.5, 0.6) is 5.75 Å². The summed E-state index contributed by atoms with van der Waals surface area (Å²) in [5, 5.41) is 1.30. The van der Waals surface area contributed by atoms with Crippen LogP contribution < -0.4 is 10.5 Å². The third-order valence-electron chi connectivity index (χ3n) is 3.28. The number of benzene rings is 1. The van der Waals surface area contributed by atoms with Gasteiger partial charge in [-0.2, -0.15) is 0 Å². The lowest BCUT2D eigenvalue weighted by Crippen LogP contribution is -2.06. The molecule has 1 aromatic heterocycles. The van der Waals surface area contributed by atoms with E-state index in [0.29, 0.717) is 12.5 Å². The lowest BCUT2D eigenvalue weighted by Gasteiger charge is -2.12. The van der Waals surface area contributed by atoms with Gasteiger partial charge in [-0.15, -0.1) is 0 Å². The second-order valence-corrected chi connectivity index (χ2v) is 6.08. The molecule has 0 atom stereocenters. The Morgan fingerprint density at radius 1 is 1.20 bits per heavy atom. The Balaban J connectivity index is 2.46. The first-order valence-electron chi connectivity index (χ1n) is 7.49. The summed E-state index contributed by atoms with van der Waals surface area (Å²) in [5.41, 5.74) is 8.31. The average molecular weight is 274 g/mol. The van der Waals surface area contributed by atoms with Crippen molar-refractivity contribution in [2.45, 2.75) is 46.8 Å². The second-order valence-electron chi connectivity index (χ2n) is 6.08. The Morgan fingerprint density at radius 3 is 2.55 bits per heavy atom. The number of fused-ring (bicyclic) bond motifs is 1. The molecule has 0 fully saturated rings. The van der Waals surface area contributed by atoms with Crippen LogP contribution in [0.15, 0.2) is 24.4 Å². The molecule has 0 unspecified atom stereocenters. The lowest BCUT2D eigenvalue weighted by atomic mass is 10.1. The van der Waals surface area contributed by atoms with Crippen molar-refractivity contribution in [2.24, 2.45) is 11.7 Å². The molecular weight excluding hydrogens is 248 g/mol. The minimum absolute atomic E-state index is 0.199. The monoisotopic (exact) mass is 274 g/mol. The molecule has 0 aliphatic carbocycles. The minimum Gasteiger partial charge on any atom is -0.491 e. The molecule has 110 valence electrons. The predicted octanol–water partition coefficient (Wildman–Crippen LogP) is 3.59. The van der Waals surface area contributed by atoms with Crippen LogP contribution in [0.2, 0.25) is 0 Å². The van der Waals surface area contributed by atoms with Gasteiger partial charge in [0.25, 0.3) is 0 Å². The molecule has 2 aromatic rings. The molecule has 0 spiro atoms. The number of rotatable bonds is 6. The van der Waals surface area contributed by atoms with Crippen LogP contribution >= 0.6 is 0 Å². The molecule has 0 saturated heterocycles. The summed E-state index contributed by atoms with van der Waals surface area (Å²) in [6.45, 7) is 10.3. The van der Waals surface area contributed by atoms with Gasteiger partial charge in [-0.05, 0) is 50.4 Å². The quantitative estimate of drug-likeness (QED) is 0.874. The van der Waals surface area contributed by atoms with E-state index in [2.05, 4.69) is 56.7 Å². The van der Waals surface area contributed by atoms with Gasteiger partial charge in [-0.3, -0.25) is 0 Å². The van der Waals surface area contributed by atoms with Crippen molar-refractivity contribution < 1.29 is 4.74 Å². The maximum Gasteiger partial charge on any atom is 0.121 e. The van der Waals surface area contributed by atoms with E-state index in [1.54, 1.807) is 0 Å². The first-order valence-corrected chi connectivity index (χ1v) is 7.49. The highest BCUT2D eigenvalue weighted by molar-refractivity contribution is 5.85. The SMILES string of the molecule is CC(C)Cn1cc(CCN)c2ccc(OC(C)C)cc21. The Bertz CT molecular complexity index is 570. The van der Waals surface area contributed by atoms with E-state index in [-0.39, 0.29) is 6.10 Å². The number of nitrogens with two attached hydrogens (primary N) is 1. The van der Waals surface area contributed by atoms with E-state index < -0.39 is 0 Å². The molecule has 2 rings (SSSR count). The van der Waals surface area contributed by atoms with Crippen LogP contribution in [0.25, 0.3) is 10.9 Å². The van der Waals surface area contributed by atoms with E-state index in [9.17, 15) is 0 Å². The van der Waals surface area contributed by atoms with E-state index in [1.807, 2.05) is 0 Å². The second kappa shape index (κ2) is 6.31. The summed E-state index contributed by atoms with van der Waals surface area (Å²) in [5.74, 6) is 1.56. The van der Waals surface area contributed by atoms with E-state index in [0.717, 1.165) is 18.7 Å². The molecule has 0 bridgehead atoms. The smallest absolute Gasteiger partial charge is 0.121 e. The summed E-state index contributed by atoms with van der Waals surface area (Å²) in [7, 11) is 0. The summed E-state index contributed by atoms with van der Waals surface area (Å²) >= 11 is 0. The van der Waals surface area contributed by atoms with Crippen LogP contribution in [-0.2, 0) is 13.0 Å². The molecule has 2 N–H and O–H groups in total. The molecule has 0 saturated carbocycles. The number of nitrogens with zero attached hydrogens (tertiary/aromatic N) is 1. The number of hydrogen-bond acceptors (Lipinski definition) is 2. The first-order chi connectivity index (χ1) is 9.51. The van der Waals surface area contributed by atoms with Crippen LogP contribution in [0.4, 0.5) is 0 Å². The van der Waals surface area contributed by atoms with Gasteiger partial charge in [0.05, 0.1) is 11.6 Å². The molecule has 0 aliphatic heterocycles. The van der Waals surface area contributed by atoms with E-state index in [1.165, 1.54) is 16.5 Å². The molecule has 0 aliphatic rings. The van der Waals surface area contributed by atoms with Crippen molar-refractivity contribution in [2.75, 3.05) is 6.54 Å². The normalized spacial score (nSPS) is 11.8. The fourth-order valence-corrected chi connectivity index (χ4v) is 2.59. The highest BCUT2D eigenvalue weighted by Gasteiger charge is 2.10. The van der Waals surface area contributed by atoms with Crippen LogP contribution in [0.3, 0.4) is 0 Å². The van der Waals surface area contributed by atoms with Crippen molar-refractivity contribution in [3.05, 3.63) is 30.0 Å². The maximum atomic E-state index is 5.81. The number of aromatic nitrogens is 1. The fourth-order valence-electron chi connectivity index (χ4n) is 2.59. The number of ether oxygens (including phenoxy) is 1. The fraction of sp³-hybridized carbons (Fsp3) is 0.529. The van der Waals surface area contributed by atoms with Gasteiger partial charge in [-0.1, -0.05) is 13.8 Å². The Labute approximate surface area is 121 Å². The minimum atomic E-state index is 0.199. The predicted molar refractivity (Wildman–Crippen MR) is 85.3 cm³/mol. The average Bonchev–Trinajstić information content (AvgIpc) is 2.66. The zero-order chi connectivity index (χ0) is 14.7. The summed E-state index contributed by atoms with van der Waals surface area (Å²) < 4.78 is 8.14. The van der Waals surface area contributed by atoms with Crippen molar-refractivity contribution in [3.63, 3.8) is 0 Å². The molecule has 1 aromatic carbocycles.